The molecule has 2 aromatic rings. The summed E-state index contributed by atoms with van der Waals surface area (Å²) in [6.07, 6.45) is 3.81. The topological polar surface area (TPSA) is 67.1 Å². The average molecular weight is 462 g/mol. The lowest BCUT2D eigenvalue weighted by molar-refractivity contribution is 0.702. The molecular weight excluding hydrogens is 435 g/mol. The molecule has 8 heteroatoms. The predicted molar refractivity (Wildman–Crippen MR) is 111 cm³/mol. The second-order valence-electron chi connectivity index (χ2n) is 5.35. The molecule has 0 spiro atoms. The number of aliphatic imine (C=N–C) groups is 1. The highest BCUT2D eigenvalue weighted by Crippen LogP contribution is 2.15. The molecule has 2 N–H and O–H groups in total. The number of hydrogen-bond donors (Lipinski definition) is 2. The molecule has 2 aromatic heterocycles. The summed E-state index contributed by atoms with van der Waals surface area (Å²) in [5.74, 6) is 0.783. The Morgan fingerprint density at radius 3 is 2.50 bits per heavy atom. The molecule has 0 aliphatic rings. The molecule has 0 amide bonds. The zero-order chi connectivity index (χ0) is 16.8. The first-order valence-corrected chi connectivity index (χ1v) is 8.80. The van der Waals surface area contributed by atoms with Crippen molar-refractivity contribution in [2.75, 3.05) is 7.05 Å². The van der Waals surface area contributed by atoms with Crippen molar-refractivity contribution in [2.24, 2.45) is 12.0 Å². The van der Waals surface area contributed by atoms with Crippen molar-refractivity contribution in [3.05, 3.63) is 33.0 Å². The van der Waals surface area contributed by atoms with Crippen LogP contribution in [-0.4, -0.2) is 27.8 Å². The van der Waals surface area contributed by atoms with Gasteiger partial charge in [0.15, 0.2) is 5.96 Å². The van der Waals surface area contributed by atoms with Crippen LogP contribution in [0.2, 0.25) is 0 Å². The average Bonchev–Trinajstić information content (AvgIpc) is 3.10. The van der Waals surface area contributed by atoms with E-state index >= 15 is 0 Å². The zero-order valence-corrected chi connectivity index (χ0v) is 18.2. The summed E-state index contributed by atoms with van der Waals surface area (Å²) < 4.78 is 1.99. The number of nitrogens with one attached hydrogen (secondary N) is 2. The van der Waals surface area contributed by atoms with E-state index in [2.05, 4.69) is 46.5 Å². The van der Waals surface area contributed by atoms with Gasteiger partial charge >= 0.3 is 0 Å². The van der Waals surface area contributed by atoms with E-state index in [-0.39, 0.29) is 24.0 Å². The van der Waals surface area contributed by atoms with Crippen molar-refractivity contribution in [1.29, 1.82) is 0 Å². The van der Waals surface area contributed by atoms with Gasteiger partial charge in [-0.15, -0.1) is 35.3 Å². The number of hydrogen-bond acceptors (Lipinski definition) is 4. The number of aryl methyl sites for hydroxylation is 3. The predicted octanol–water partition coefficient (Wildman–Crippen LogP) is 2.79. The summed E-state index contributed by atoms with van der Waals surface area (Å²) in [6.45, 7) is 7.79. The molecule has 0 aromatic carbocycles. The Kier molecular flexibility index (Phi) is 8.68. The molecule has 0 atom stereocenters. The quantitative estimate of drug-likeness (QED) is 0.394. The molecule has 0 bridgehead atoms. The van der Waals surface area contributed by atoms with Crippen LogP contribution >= 0.6 is 35.3 Å². The smallest absolute Gasteiger partial charge is 0.191 e. The second-order valence-corrected chi connectivity index (χ2v) is 6.67. The Labute approximate surface area is 165 Å². The Balaban J connectivity index is 0.00000288. The Bertz CT molecular complexity index is 676. The van der Waals surface area contributed by atoms with Gasteiger partial charge in [-0.25, -0.2) is 4.98 Å². The number of thiazole rings is 1. The Morgan fingerprint density at radius 1 is 1.25 bits per heavy atom. The summed E-state index contributed by atoms with van der Waals surface area (Å²) in [5.41, 5.74) is 3.72. The first kappa shape index (κ1) is 20.9. The maximum Gasteiger partial charge on any atom is 0.191 e. The van der Waals surface area contributed by atoms with Crippen LogP contribution < -0.4 is 10.6 Å². The number of aromatic nitrogens is 3. The van der Waals surface area contributed by atoms with Crippen molar-refractivity contribution >= 4 is 41.3 Å². The minimum Gasteiger partial charge on any atom is -0.352 e. The van der Waals surface area contributed by atoms with Crippen LogP contribution in [0.25, 0.3) is 0 Å². The molecule has 0 saturated carbocycles. The third kappa shape index (κ3) is 5.17. The van der Waals surface area contributed by atoms with Crippen LogP contribution in [0.5, 0.6) is 0 Å². The first-order valence-electron chi connectivity index (χ1n) is 7.98. The fraction of sp³-hybridized carbons (Fsp3) is 0.562. The Morgan fingerprint density at radius 2 is 1.96 bits per heavy atom. The molecule has 6 nitrogen and oxygen atoms in total. The molecule has 134 valence electrons. The highest BCUT2D eigenvalue weighted by molar-refractivity contribution is 14.0. The van der Waals surface area contributed by atoms with Crippen molar-refractivity contribution < 1.29 is 0 Å². The molecule has 0 aliphatic heterocycles. The highest BCUT2D eigenvalue weighted by Gasteiger charge is 2.13. The lowest BCUT2D eigenvalue weighted by Gasteiger charge is -2.12. The Hall–Kier alpha value is -1.16. The van der Waals surface area contributed by atoms with Crippen LogP contribution in [0.15, 0.2) is 11.2 Å². The van der Waals surface area contributed by atoms with Gasteiger partial charge in [0, 0.05) is 43.0 Å². The highest BCUT2D eigenvalue weighted by atomic mass is 127. The molecule has 2 rings (SSSR count). The number of rotatable bonds is 6. The van der Waals surface area contributed by atoms with E-state index in [0.717, 1.165) is 36.0 Å². The fourth-order valence-corrected chi connectivity index (χ4v) is 3.36. The summed E-state index contributed by atoms with van der Waals surface area (Å²) in [5, 5.41) is 12.4. The summed E-state index contributed by atoms with van der Waals surface area (Å²) >= 11 is 1.70. The lowest BCUT2D eigenvalue weighted by Crippen LogP contribution is -2.36. The van der Waals surface area contributed by atoms with Gasteiger partial charge in [-0.3, -0.25) is 9.67 Å². The third-order valence-electron chi connectivity index (χ3n) is 3.76. The number of halogens is 1. The zero-order valence-electron chi connectivity index (χ0n) is 15.0. The van der Waals surface area contributed by atoms with Crippen LogP contribution in [0, 0.1) is 6.92 Å². The monoisotopic (exact) mass is 462 g/mol. The van der Waals surface area contributed by atoms with Gasteiger partial charge in [-0.05, 0) is 19.8 Å². The maximum atomic E-state index is 4.61. The van der Waals surface area contributed by atoms with Gasteiger partial charge in [0.25, 0.3) is 0 Å². The normalized spacial score (nSPS) is 11.3. The first-order chi connectivity index (χ1) is 11.1. The van der Waals surface area contributed by atoms with E-state index in [0.29, 0.717) is 6.54 Å². The molecule has 0 fully saturated rings. The van der Waals surface area contributed by atoms with E-state index in [4.69, 9.17) is 0 Å². The molecule has 24 heavy (non-hydrogen) atoms. The fourth-order valence-electron chi connectivity index (χ4n) is 2.63. The van der Waals surface area contributed by atoms with Crippen LogP contribution in [-0.2, 0) is 33.0 Å². The van der Waals surface area contributed by atoms with E-state index in [1.54, 1.807) is 18.4 Å². The molecule has 0 radical (unpaired) electrons. The van der Waals surface area contributed by atoms with Crippen LogP contribution in [0.3, 0.4) is 0 Å². The molecular formula is C16H27IN6S. The molecule has 0 unspecified atom stereocenters. The number of guanidine groups is 1. The van der Waals surface area contributed by atoms with Crippen molar-refractivity contribution in [3.63, 3.8) is 0 Å². The SMILES string of the molecule is CCc1nn(C)c(CC)c1CNC(=NC)NCc1ncc(C)s1.I. The maximum absolute atomic E-state index is 4.61. The second kappa shape index (κ2) is 9.97. The third-order valence-corrected chi connectivity index (χ3v) is 4.67. The van der Waals surface area contributed by atoms with Gasteiger partial charge in [-0.1, -0.05) is 13.8 Å². The molecule has 0 saturated heterocycles. The van der Waals surface area contributed by atoms with Crippen LogP contribution in [0.1, 0.15) is 40.7 Å². The summed E-state index contributed by atoms with van der Waals surface area (Å²) in [6, 6.07) is 0. The van der Waals surface area contributed by atoms with Gasteiger partial charge in [0.2, 0.25) is 0 Å². The van der Waals surface area contributed by atoms with E-state index < -0.39 is 0 Å². The summed E-state index contributed by atoms with van der Waals surface area (Å²) in [7, 11) is 3.80. The van der Waals surface area contributed by atoms with Crippen LogP contribution in [0.4, 0.5) is 0 Å². The van der Waals surface area contributed by atoms with E-state index in [1.807, 2.05) is 17.9 Å². The van der Waals surface area contributed by atoms with Crippen molar-refractivity contribution in [3.8, 4) is 0 Å². The van der Waals surface area contributed by atoms with Crippen molar-refractivity contribution in [1.82, 2.24) is 25.4 Å². The molecule has 0 aliphatic carbocycles. The van der Waals surface area contributed by atoms with Gasteiger partial charge in [-0.2, -0.15) is 5.10 Å². The molecule has 2 heterocycles. The lowest BCUT2D eigenvalue weighted by atomic mass is 10.1. The minimum atomic E-state index is 0. The standard InChI is InChI=1S/C16H26N6S.HI/c1-6-13-12(14(7-2)22(5)21-13)9-19-16(17-4)20-10-15-18-8-11(3)23-15;/h8H,6-7,9-10H2,1-5H3,(H2,17,19,20);1H. The minimum absolute atomic E-state index is 0. The van der Waals surface area contributed by atoms with E-state index in [1.165, 1.54) is 16.1 Å². The van der Waals surface area contributed by atoms with Gasteiger partial charge in [0.05, 0.1) is 12.2 Å². The van der Waals surface area contributed by atoms with Gasteiger partial charge < -0.3 is 10.6 Å². The summed E-state index contributed by atoms with van der Waals surface area (Å²) in [4.78, 5) is 9.87. The number of nitrogens with zero attached hydrogens (tertiary/aromatic N) is 4. The van der Waals surface area contributed by atoms with Crippen molar-refractivity contribution in [2.45, 2.75) is 46.7 Å². The largest absolute Gasteiger partial charge is 0.352 e. The van der Waals surface area contributed by atoms with Gasteiger partial charge in [0.1, 0.15) is 5.01 Å². The van der Waals surface area contributed by atoms with E-state index in [9.17, 15) is 0 Å².